The van der Waals surface area contributed by atoms with Crippen molar-refractivity contribution in [3.8, 4) is 0 Å². The zero-order valence-electron chi connectivity index (χ0n) is 8.73. The van der Waals surface area contributed by atoms with Crippen LogP contribution in [0.3, 0.4) is 0 Å². The van der Waals surface area contributed by atoms with Crippen LogP contribution in [0.15, 0.2) is 4.42 Å². The van der Waals surface area contributed by atoms with Gasteiger partial charge in [0.1, 0.15) is 5.52 Å². The van der Waals surface area contributed by atoms with E-state index in [-0.39, 0.29) is 5.35 Å². The molecular formula is C11H12ClNO. The highest BCUT2D eigenvalue weighted by molar-refractivity contribution is 6.28. The second-order valence-corrected chi connectivity index (χ2v) is 3.97. The second-order valence-electron chi connectivity index (χ2n) is 3.64. The number of halogens is 1. The first-order valence-electron chi connectivity index (χ1n) is 4.54. The molecule has 0 saturated carbocycles. The Bertz CT molecular complexity index is 469. The molecule has 0 aliphatic rings. The zero-order valence-corrected chi connectivity index (χ0v) is 9.49. The van der Waals surface area contributed by atoms with Crippen LogP contribution >= 0.6 is 11.6 Å². The smallest absolute Gasteiger partial charge is 0.293 e. The minimum Gasteiger partial charge on any atom is -0.427 e. The minimum absolute atomic E-state index is 0.219. The van der Waals surface area contributed by atoms with Crippen molar-refractivity contribution in [2.45, 2.75) is 27.7 Å². The van der Waals surface area contributed by atoms with Crippen molar-refractivity contribution in [1.29, 1.82) is 0 Å². The van der Waals surface area contributed by atoms with Gasteiger partial charge in [0.2, 0.25) is 0 Å². The lowest BCUT2D eigenvalue weighted by molar-refractivity contribution is 0.602. The Morgan fingerprint density at radius 1 is 0.929 bits per heavy atom. The average molecular weight is 210 g/mol. The van der Waals surface area contributed by atoms with Crippen molar-refractivity contribution in [2.24, 2.45) is 0 Å². The fourth-order valence-electron chi connectivity index (χ4n) is 1.71. The van der Waals surface area contributed by atoms with Crippen molar-refractivity contribution in [3.63, 3.8) is 0 Å². The molecule has 1 aromatic heterocycles. The lowest BCUT2D eigenvalue weighted by atomic mass is 9.98. The zero-order chi connectivity index (χ0) is 10.5. The molecule has 3 heteroatoms. The summed E-state index contributed by atoms with van der Waals surface area (Å²) in [6.07, 6.45) is 0. The van der Waals surface area contributed by atoms with Gasteiger partial charge >= 0.3 is 0 Å². The van der Waals surface area contributed by atoms with Crippen molar-refractivity contribution in [1.82, 2.24) is 4.98 Å². The third kappa shape index (κ3) is 1.14. The summed E-state index contributed by atoms with van der Waals surface area (Å²) in [6, 6.07) is 0. The molecule has 2 rings (SSSR count). The first kappa shape index (κ1) is 9.53. The lowest BCUT2D eigenvalue weighted by Gasteiger charge is -2.07. The number of aromatic nitrogens is 1. The van der Waals surface area contributed by atoms with Gasteiger partial charge in [0.25, 0.3) is 5.35 Å². The molecule has 0 radical (unpaired) electrons. The fourth-order valence-corrected chi connectivity index (χ4v) is 1.87. The topological polar surface area (TPSA) is 26.0 Å². The van der Waals surface area contributed by atoms with E-state index in [9.17, 15) is 0 Å². The monoisotopic (exact) mass is 209 g/mol. The number of nitrogens with zero attached hydrogens (tertiary/aromatic N) is 1. The Hall–Kier alpha value is -1.02. The molecule has 0 aliphatic heterocycles. The second kappa shape index (κ2) is 2.99. The molecule has 1 heterocycles. The van der Waals surface area contributed by atoms with Crippen LogP contribution in [0.2, 0.25) is 5.35 Å². The van der Waals surface area contributed by atoms with E-state index in [0.717, 1.165) is 22.2 Å². The summed E-state index contributed by atoms with van der Waals surface area (Å²) in [5.41, 5.74) is 6.50. The van der Waals surface area contributed by atoms with Crippen LogP contribution in [-0.2, 0) is 0 Å². The molecule has 0 amide bonds. The number of hydrogen-bond acceptors (Lipinski definition) is 2. The Morgan fingerprint density at radius 2 is 1.50 bits per heavy atom. The van der Waals surface area contributed by atoms with E-state index in [1.807, 2.05) is 13.8 Å². The van der Waals surface area contributed by atoms with Crippen LogP contribution < -0.4 is 0 Å². The van der Waals surface area contributed by atoms with Gasteiger partial charge in [-0.2, -0.15) is 4.98 Å². The molecule has 2 aromatic rings. The van der Waals surface area contributed by atoms with Gasteiger partial charge in [-0.15, -0.1) is 0 Å². The van der Waals surface area contributed by atoms with Gasteiger partial charge in [-0.1, -0.05) is 0 Å². The van der Waals surface area contributed by atoms with Crippen LogP contribution in [0.1, 0.15) is 22.3 Å². The number of oxazole rings is 1. The molecule has 0 aliphatic carbocycles. The maximum Gasteiger partial charge on any atom is 0.293 e. The molecule has 2 nitrogen and oxygen atoms in total. The summed E-state index contributed by atoms with van der Waals surface area (Å²) >= 11 is 5.75. The normalized spacial score (nSPS) is 11.2. The first-order chi connectivity index (χ1) is 6.52. The van der Waals surface area contributed by atoms with Gasteiger partial charge in [-0.05, 0) is 61.5 Å². The minimum atomic E-state index is 0.219. The molecule has 0 unspecified atom stereocenters. The third-order valence-corrected chi connectivity index (χ3v) is 3.15. The third-order valence-electron chi connectivity index (χ3n) is 2.98. The number of fused-ring (bicyclic) bond motifs is 1. The Kier molecular flexibility index (Phi) is 2.04. The van der Waals surface area contributed by atoms with E-state index in [2.05, 4.69) is 18.8 Å². The largest absolute Gasteiger partial charge is 0.427 e. The van der Waals surface area contributed by atoms with Crippen molar-refractivity contribution >= 4 is 22.7 Å². The Labute approximate surface area is 87.9 Å². The van der Waals surface area contributed by atoms with Gasteiger partial charge in [-0.3, -0.25) is 0 Å². The van der Waals surface area contributed by atoms with Gasteiger partial charge in [0.15, 0.2) is 5.58 Å². The van der Waals surface area contributed by atoms with Gasteiger partial charge < -0.3 is 4.42 Å². The van der Waals surface area contributed by atoms with E-state index in [4.69, 9.17) is 16.0 Å². The van der Waals surface area contributed by atoms with Gasteiger partial charge in [0, 0.05) is 0 Å². The standard InChI is InChI=1S/C11H12ClNO/c1-5-6(2)8(4)10-9(7(5)3)13-11(12)14-10/h1-4H3. The summed E-state index contributed by atoms with van der Waals surface area (Å²) in [5, 5.41) is 0.219. The molecule has 0 saturated heterocycles. The molecule has 1 aromatic carbocycles. The number of rotatable bonds is 0. The summed E-state index contributed by atoms with van der Waals surface area (Å²) in [6.45, 7) is 8.27. The molecule has 0 bridgehead atoms. The van der Waals surface area contributed by atoms with E-state index in [0.29, 0.717) is 0 Å². The number of benzene rings is 1. The summed E-state index contributed by atoms with van der Waals surface area (Å²) in [7, 11) is 0. The van der Waals surface area contributed by atoms with Crippen molar-refractivity contribution in [2.75, 3.05) is 0 Å². The fraction of sp³-hybridized carbons (Fsp3) is 0.364. The number of aryl methyl sites for hydroxylation is 2. The van der Waals surface area contributed by atoms with Gasteiger partial charge in [0.05, 0.1) is 0 Å². The Morgan fingerprint density at radius 3 is 2.14 bits per heavy atom. The average Bonchev–Trinajstić information content (AvgIpc) is 2.54. The van der Waals surface area contributed by atoms with Crippen LogP contribution in [0.5, 0.6) is 0 Å². The van der Waals surface area contributed by atoms with Gasteiger partial charge in [-0.25, -0.2) is 0 Å². The molecule has 74 valence electrons. The highest BCUT2D eigenvalue weighted by atomic mass is 35.5. The lowest BCUT2D eigenvalue weighted by Crippen LogP contribution is -1.92. The van der Waals surface area contributed by atoms with E-state index in [1.165, 1.54) is 11.1 Å². The van der Waals surface area contributed by atoms with Crippen LogP contribution in [0, 0.1) is 27.7 Å². The SMILES string of the molecule is Cc1c(C)c(C)c2oc(Cl)nc2c1C. The number of hydrogen-bond donors (Lipinski definition) is 0. The molecule has 0 atom stereocenters. The highest BCUT2D eigenvalue weighted by Gasteiger charge is 2.14. The predicted octanol–water partition coefficient (Wildman–Crippen LogP) is 3.71. The molecular weight excluding hydrogens is 198 g/mol. The predicted molar refractivity (Wildman–Crippen MR) is 58.0 cm³/mol. The van der Waals surface area contributed by atoms with Crippen LogP contribution in [0.4, 0.5) is 0 Å². The quantitative estimate of drug-likeness (QED) is 0.661. The maximum atomic E-state index is 5.75. The summed E-state index contributed by atoms with van der Waals surface area (Å²) < 4.78 is 5.37. The van der Waals surface area contributed by atoms with E-state index >= 15 is 0 Å². The van der Waals surface area contributed by atoms with Crippen molar-refractivity contribution in [3.05, 3.63) is 27.6 Å². The van der Waals surface area contributed by atoms with Crippen LogP contribution in [-0.4, -0.2) is 4.98 Å². The van der Waals surface area contributed by atoms with Crippen LogP contribution in [0.25, 0.3) is 11.1 Å². The van der Waals surface area contributed by atoms with Crippen molar-refractivity contribution < 1.29 is 4.42 Å². The molecule has 0 fully saturated rings. The highest BCUT2D eigenvalue weighted by Crippen LogP contribution is 2.30. The summed E-state index contributed by atoms with van der Waals surface area (Å²) in [4.78, 5) is 4.17. The molecule has 0 spiro atoms. The molecule has 14 heavy (non-hydrogen) atoms. The first-order valence-corrected chi connectivity index (χ1v) is 4.92. The molecule has 0 N–H and O–H groups in total. The van der Waals surface area contributed by atoms with E-state index < -0.39 is 0 Å². The maximum absolute atomic E-state index is 5.75. The Balaban J connectivity index is 3.01. The van der Waals surface area contributed by atoms with E-state index in [1.54, 1.807) is 0 Å². The summed E-state index contributed by atoms with van der Waals surface area (Å²) in [5.74, 6) is 0.